The number of carbonyl (C=O) groups excluding carboxylic acids is 2. The molecule has 0 aliphatic carbocycles. The highest BCUT2D eigenvalue weighted by atomic mass is 35.5. The fourth-order valence-corrected chi connectivity index (χ4v) is 4.27. The minimum Gasteiger partial charge on any atom is -0.342 e. The van der Waals surface area contributed by atoms with Crippen LogP contribution in [0.3, 0.4) is 0 Å². The van der Waals surface area contributed by atoms with Crippen LogP contribution in [0.5, 0.6) is 0 Å². The van der Waals surface area contributed by atoms with Crippen molar-refractivity contribution in [3.8, 4) is 0 Å². The molecule has 0 fully saturated rings. The number of aryl methyl sites for hydroxylation is 1. The predicted molar refractivity (Wildman–Crippen MR) is 135 cm³/mol. The molecule has 3 rings (SSSR count). The molecule has 2 aromatic carbocycles. The summed E-state index contributed by atoms with van der Waals surface area (Å²) in [5.41, 5.74) is 1.42. The molecule has 0 unspecified atom stereocenters. The number of nitrogens with one attached hydrogen (secondary N) is 2. The third-order valence-corrected chi connectivity index (χ3v) is 6.60. The van der Waals surface area contributed by atoms with Gasteiger partial charge in [-0.1, -0.05) is 49.3 Å². The number of aromatic nitrogens is 3. The van der Waals surface area contributed by atoms with E-state index in [1.807, 2.05) is 13.8 Å². The average Bonchev–Trinajstić information content (AvgIpc) is 3.17. The van der Waals surface area contributed by atoms with E-state index in [0.717, 1.165) is 0 Å². The van der Waals surface area contributed by atoms with Crippen molar-refractivity contribution in [2.75, 3.05) is 11.1 Å². The smallest absolute Gasteiger partial charge is 0.269 e. The van der Waals surface area contributed by atoms with Crippen LogP contribution in [0.15, 0.2) is 47.6 Å². The summed E-state index contributed by atoms with van der Waals surface area (Å²) in [6, 6.07) is 10.6. The van der Waals surface area contributed by atoms with Crippen molar-refractivity contribution in [1.82, 2.24) is 20.1 Å². The third kappa shape index (κ3) is 6.37. The van der Waals surface area contributed by atoms with Crippen molar-refractivity contribution < 1.29 is 14.5 Å². The first kappa shape index (κ1) is 26.2. The standard InChI is InChI=1S/C23H25ClN6O4S/c1-13(2)20(26-22(32)16-7-5-6-8-17(16)24)21-27-28-23(29(21)4)35-12-19(31)25-18-10-9-15(30(33)34)11-14(18)3/h5-11,13,20H,12H2,1-4H3,(H,25,31)(H,26,32)/t20-/m0/s1. The van der Waals surface area contributed by atoms with Crippen LogP contribution in [0.1, 0.15) is 41.6 Å². The number of hydrogen-bond acceptors (Lipinski definition) is 7. The fraction of sp³-hybridized carbons (Fsp3) is 0.304. The van der Waals surface area contributed by atoms with E-state index >= 15 is 0 Å². The summed E-state index contributed by atoms with van der Waals surface area (Å²) in [6.07, 6.45) is 0. The minimum atomic E-state index is -0.485. The van der Waals surface area contributed by atoms with E-state index in [0.29, 0.717) is 32.8 Å². The van der Waals surface area contributed by atoms with E-state index in [1.165, 1.54) is 30.0 Å². The van der Waals surface area contributed by atoms with Gasteiger partial charge in [0.25, 0.3) is 11.6 Å². The molecule has 0 spiro atoms. The van der Waals surface area contributed by atoms with Crippen LogP contribution in [-0.4, -0.2) is 37.3 Å². The Balaban J connectivity index is 1.67. The van der Waals surface area contributed by atoms with Crippen LogP contribution in [0.4, 0.5) is 11.4 Å². The Morgan fingerprint density at radius 1 is 1.20 bits per heavy atom. The van der Waals surface area contributed by atoms with Crippen LogP contribution in [0.2, 0.25) is 5.02 Å². The molecule has 0 aliphatic heterocycles. The van der Waals surface area contributed by atoms with Crippen molar-refractivity contribution in [3.05, 3.63) is 74.6 Å². The highest BCUT2D eigenvalue weighted by molar-refractivity contribution is 7.99. The van der Waals surface area contributed by atoms with Gasteiger partial charge < -0.3 is 15.2 Å². The van der Waals surface area contributed by atoms with Gasteiger partial charge in [-0.05, 0) is 36.6 Å². The number of halogens is 1. The van der Waals surface area contributed by atoms with Gasteiger partial charge in [0, 0.05) is 24.9 Å². The summed E-state index contributed by atoms with van der Waals surface area (Å²) in [5, 5.41) is 25.9. The summed E-state index contributed by atoms with van der Waals surface area (Å²) in [7, 11) is 1.77. The van der Waals surface area contributed by atoms with Gasteiger partial charge in [-0.3, -0.25) is 19.7 Å². The summed E-state index contributed by atoms with van der Waals surface area (Å²) < 4.78 is 1.74. The Labute approximate surface area is 211 Å². The number of hydrogen-bond donors (Lipinski definition) is 2. The molecular weight excluding hydrogens is 492 g/mol. The normalized spacial score (nSPS) is 11.8. The molecule has 10 nitrogen and oxygen atoms in total. The van der Waals surface area contributed by atoms with Gasteiger partial charge in [-0.2, -0.15) is 0 Å². The van der Waals surface area contributed by atoms with Crippen LogP contribution >= 0.6 is 23.4 Å². The minimum absolute atomic E-state index is 0.00981. The molecule has 2 N–H and O–H groups in total. The first-order chi connectivity index (χ1) is 16.6. The summed E-state index contributed by atoms with van der Waals surface area (Å²) in [6.45, 7) is 5.60. The highest BCUT2D eigenvalue weighted by Gasteiger charge is 2.26. The monoisotopic (exact) mass is 516 g/mol. The van der Waals surface area contributed by atoms with Gasteiger partial charge >= 0.3 is 0 Å². The van der Waals surface area contributed by atoms with E-state index in [2.05, 4.69) is 20.8 Å². The molecule has 0 bridgehead atoms. The molecule has 1 aromatic heterocycles. The first-order valence-electron chi connectivity index (χ1n) is 10.7. The van der Waals surface area contributed by atoms with Gasteiger partial charge in [-0.15, -0.1) is 10.2 Å². The number of nitro benzene ring substituents is 1. The Bertz CT molecular complexity index is 1260. The number of amides is 2. The van der Waals surface area contributed by atoms with E-state index in [9.17, 15) is 19.7 Å². The number of rotatable bonds is 9. The number of non-ortho nitro benzene ring substituents is 1. The van der Waals surface area contributed by atoms with Crippen LogP contribution in [0, 0.1) is 23.0 Å². The molecule has 1 heterocycles. The molecule has 3 aromatic rings. The SMILES string of the molecule is Cc1cc([N+](=O)[O-])ccc1NC(=O)CSc1nnc([C@@H](NC(=O)c2ccccc2Cl)C(C)C)n1C. The molecule has 35 heavy (non-hydrogen) atoms. The lowest BCUT2D eigenvalue weighted by atomic mass is 10.0. The molecule has 12 heteroatoms. The Hall–Kier alpha value is -3.44. The lowest BCUT2D eigenvalue weighted by Crippen LogP contribution is -2.33. The van der Waals surface area contributed by atoms with Gasteiger partial charge in [0.05, 0.1) is 27.3 Å². The summed E-state index contributed by atoms with van der Waals surface area (Å²) in [5.74, 6) is 0.0131. The second-order valence-corrected chi connectivity index (χ2v) is 9.52. The number of thioether (sulfide) groups is 1. The average molecular weight is 517 g/mol. The maximum atomic E-state index is 12.8. The van der Waals surface area contributed by atoms with Crippen LogP contribution < -0.4 is 10.6 Å². The molecule has 184 valence electrons. The van der Waals surface area contributed by atoms with Gasteiger partial charge in [0.15, 0.2) is 11.0 Å². The number of carbonyl (C=O) groups is 2. The number of nitrogens with zero attached hydrogens (tertiary/aromatic N) is 4. The highest BCUT2D eigenvalue weighted by Crippen LogP contribution is 2.26. The largest absolute Gasteiger partial charge is 0.342 e. The topological polar surface area (TPSA) is 132 Å². The van der Waals surface area contributed by atoms with E-state index in [4.69, 9.17) is 11.6 Å². The molecule has 0 radical (unpaired) electrons. The lowest BCUT2D eigenvalue weighted by Gasteiger charge is -2.22. The maximum Gasteiger partial charge on any atom is 0.269 e. The van der Waals surface area contributed by atoms with Crippen LogP contribution in [-0.2, 0) is 11.8 Å². The number of benzene rings is 2. The summed E-state index contributed by atoms with van der Waals surface area (Å²) in [4.78, 5) is 35.7. The lowest BCUT2D eigenvalue weighted by molar-refractivity contribution is -0.384. The second kappa shape index (κ2) is 11.3. The molecule has 1 atom stereocenters. The predicted octanol–water partition coefficient (Wildman–Crippen LogP) is 4.54. The Morgan fingerprint density at radius 2 is 1.91 bits per heavy atom. The molecule has 0 saturated heterocycles. The van der Waals surface area contributed by atoms with Crippen molar-refractivity contribution in [1.29, 1.82) is 0 Å². The van der Waals surface area contributed by atoms with Crippen LogP contribution in [0.25, 0.3) is 0 Å². The Morgan fingerprint density at radius 3 is 2.54 bits per heavy atom. The Kier molecular flexibility index (Phi) is 8.47. The zero-order valence-corrected chi connectivity index (χ0v) is 21.2. The van der Waals surface area contributed by atoms with Crippen molar-refractivity contribution >= 4 is 46.6 Å². The van der Waals surface area contributed by atoms with Gasteiger partial charge in [0.2, 0.25) is 5.91 Å². The van der Waals surface area contributed by atoms with Gasteiger partial charge in [-0.25, -0.2) is 0 Å². The van der Waals surface area contributed by atoms with E-state index < -0.39 is 11.0 Å². The third-order valence-electron chi connectivity index (χ3n) is 5.25. The van der Waals surface area contributed by atoms with E-state index in [-0.39, 0.29) is 29.2 Å². The zero-order chi connectivity index (χ0) is 25.7. The van der Waals surface area contributed by atoms with Crippen molar-refractivity contribution in [2.24, 2.45) is 13.0 Å². The van der Waals surface area contributed by atoms with Gasteiger partial charge in [0.1, 0.15) is 0 Å². The molecule has 2 amide bonds. The molecular formula is C23H25ClN6O4S. The zero-order valence-electron chi connectivity index (χ0n) is 19.6. The van der Waals surface area contributed by atoms with Crippen molar-refractivity contribution in [3.63, 3.8) is 0 Å². The molecule has 0 saturated carbocycles. The number of anilines is 1. The van der Waals surface area contributed by atoms with E-state index in [1.54, 1.807) is 42.8 Å². The molecule has 0 aliphatic rings. The quantitative estimate of drug-likeness (QED) is 0.242. The maximum absolute atomic E-state index is 12.8. The van der Waals surface area contributed by atoms with Crippen molar-refractivity contribution in [2.45, 2.75) is 32.0 Å². The number of nitro groups is 1. The fourth-order valence-electron chi connectivity index (χ4n) is 3.33. The summed E-state index contributed by atoms with van der Waals surface area (Å²) >= 11 is 7.35. The first-order valence-corrected chi connectivity index (χ1v) is 12.1. The second-order valence-electron chi connectivity index (χ2n) is 8.17.